The molecular formula is C15H18N2O2. The lowest BCUT2D eigenvalue weighted by molar-refractivity contribution is -0.127. The summed E-state index contributed by atoms with van der Waals surface area (Å²) in [5, 5.41) is 1.25. The van der Waals surface area contributed by atoms with E-state index in [1.54, 1.807) is 0 Å². The molecule has 1 aromatic heterocycles. The average Bonchev–Trinajstić information content (AvgIpc) is 2.64. The molecule has 19 heavy (non-hydrogen) atoms. The van der Waals surface area contributed by atoms with E-state index in [1.807, 2.05) is 26.1 Å². The van der Waals surface area contributed by atoms with Gasteiger partial charge in [-0.3, -0.25) is 4.79 Å². The summed E-state index contributed by atoms with van der Waals surface area (Å²) in [5.41, 5.74) is 8.31. The van der Waals surface area contributed by atoms with Crippen LogP contribution in [-0.4, -0.2) is 17.1 Å². The number of fused-ring (bicyclic) bond motifs is 3. The van der Waals surface area contributed by atoms with Crippen molar-refractivity contribution in [3.8, 4) is 0 Å². The van der Waals surface area contributed by atoms with Gasteiger partial charge in [-0.05, 0) is 25.0 Å². The number of aromatic nitrogens is 1. The molecule has 0 saturated heterocycles. The molecule has 4 heteroatoms. The number of primary amides is 1. The first kappa shape index (κ1) is 12.2. The Morgan fingerprint density at radius 3 is 2.95 bits per heavy atom. The minimum atomic E-state index is -0.618. The van der Waals surface area contributed by atoms with Gasteiger partial charge in [-0.25, -0.2) is 0 Å². The van der Waals surface area contributed by atoms with Crippen LogP contribution < -0.4 is 5.73 Å². The number of ether oxygens (including phenoxy) is 1. The lowest BCUT2D eigenvalue weighted by atomic mass is 9.89. The second kappa shape index (κ2) is 4.10. The van der Waals surface area contributed by atoms with Crippen molar-refractivity contribution in [2.24, 2.45) is 12.8 Å². The van der Waals surface area contributed by atoms with Crippen molar-refractivity contribution in [3.63, 3.8) is 0 Å². The summed E-state index contributed by atoms with van der Waals surface area (Å²) in [4.78, 5) is 11.3. The molecule has 0 saturated carbocycles. The molecule has 1 unspecified atom stereocenters. The number of carbonyl (C=O) groups excluding carboxylic acids is 1. The molecule has 0 bridgehead atoms. The van der Waals surface area contributed by atoms with Crippen LogP contribution in [0.5, 0.6) is 0 Å². The first-order valence-corrected chi connectivity index (χ1v) is 6.52. The molecular weight excluding hydrogens is 240 g/mol. The largest absolute Gasteiger partial charge is 0.370 e. The van der Waals surface area contributed by atoms with E-state index in [0.29, 0.717) is 6.61 Å². The van der Waals surface area contributed by atoms with Crippen molar-refractivity contribution in [1.29, 1.82) is 0 Å². The Kier molecular flexibility index (Phi) is 2.64. The summed E-state index contributed by atoms with van der Waals surface area (Å²) >= 11 is 0. The second-order valence-electron chi connectivity index (χ2n) is 5.38. The number of nitrogens with two attached hydrogens (primary N) is 1. The van der Waals surface area contributed by atoms with Crippen LogP contribution in [0.15, 0.2) is 24.3 Å². The molecule has 100 valence electrons. The third-order valence-electron chi connectivity index (χ3n) is 4.00. The summed E-state index contributed by atoms with van der Waals surface area (Å²) in [5.74, 6) is -0.333. The van der Waals surface area contributed by atoms with Gasteiger partial charge in [-0.2, -0.15) is 0 Å². The SMILES string of the molecule is Cn1c2c(c3ccccc31)CCOC2(C)CC(N)=O. The fraction of sp³-hybridized carbons (Fsp3) is 0.400. The summed E-state index contributed by atoms with van der Waals surface area (Å²) in [6.45, 7) is 2.58. The van der Waals surface area contributed by atoms with E-state index >= 15 is 0 Å². The molecule has 3 rings (SSSR count). The molecule has 2 aromatic rings. The third kappa shape index (κ3) is 1.75. The number of hydrogen-bond acceptors (Lipinski definition) is 2. The van der Waals surface area contributed by atoms with Crippen molar-refractivity contribution in [3.05, 3.63) is 35.5 Å². The minimum Gasteiger partial charge on any atom is -0.370 e. The van der Waals surface area contributed by atoms with Gasteiger partial charge in [0.1, 0.15) is 5.60 Å². The lowest BCUT2D eigenvalue weighted by Gasteiger charge is -2.34. The predicted molar refractivity (Wildman–Crippen MR) is 73.7 cm³/mol. The number of aryl methyl sites for hydroxylation is 1. The highest BCUT2D eigenvalue weighted by atomic mass is 16.5. The third-order valence-corrected chi connectivity index (χ3v) is 4.00. The smallest absolute Gasteiger partial charge is 0.220 e. The zero-order valence-corrected chi connectivity index (χ0v) is 11.3. The standard InChI is InChI=1S/C15H18N2O2/c1-15(9-13(16)18)14-11(7-8-19-15)10-5-3-4-6-12(10)17(14)2/h3-6H,7-9H2,1-2H3,(H2,16,18). The van der Waals surface area contributed by atoms with Crippen LogP contribution in [0.1, 0.15) is 24.6 Å². The Balaban J connectivity index is 2.27. The van der Waals surface area contributed by atoms with Gasteiger partial charge < -0.3 is 15.0 Å². The van der Waals surface area contributed by atoms with Gasteiger partial charge in [0.25, 0.3) is 0 Å². The molecule has 2 N–H and O–H groups in total. The Morgan fingerprint density at radius 1 is 1.47 bits per heavy atom. The van der Waals surface area contributed by atoms with Crippen LogP contribution >= 0.6 is 0 Å². The zero-order chi connectivity index (χ0) is 13.6. The van der Waals surface area contributed by atoms with Gasteiger partial charge in [-0.1, -0.05) is 18.2 Å². The molecule has 1 atom stereocenters. The van der Waals surface area contributed by atoms with Crippen molar-refractivity contribution < 1.29 is 9.53 Å². The van der Waals surface area contributed by atoms with E-state index in [-0.39, 0.29) is 12.3 Å². The number of carbonyl (C=O) groups is 1. The number of para-hydroxylation sites is 1. The van der Waals surface area contributed by atoms with Crippen molar-refractivity contribution in [1.82, 2.24) is 4.57 Å². The van der Waals surface area contributed by atoms with Gasteiger partial charge in [-0.15, -0.1) is 0 Å². The highest BCUT2D eigenvalue weighted by Crippen LogP contribution is 2.40. The van der Waals surface area contributed by atoms with Crippen LogP contribution in [0.2, 0.25) is 0 Å². The molecule has 0 radical (unpaired) electrons. The van der Waals surface area contributed by atoms with E-state index in [4.69, 9.17) is 10.5 Å². The van der Waals surface area contributed by atoms with Gasteiger partial charge >= 0.3 is 0 Å². The maximum absolute atomic E-state index is 11.3. The van der Waals surface area contributed by atoms with Crippen LogP contribution in [0, 0.1) is 0 Å². The summed E-state index contributed by atoms with van der Waals surface area (Å²) in [6, 6.07) is 8.30. The van der Waals surface area contributed by atoms with Crippen LogP contribution in [0.3, 0.4) is 0 Å². The van der Waals surface area contributed by atoms with E-state index < -0.39 is 5.60 Å². The molecule has 0 spiro atoms. The Morgan fingerprint density at radius 2 is 2.21 bits per heavy atom. The Labute approximate surface area is 112 Å². The van der Waals surface area contributed by atoms with E-state index in [9.17, 15) is 4.79 Å². The van der Waals surface area contributed by atoms with E-state index in [0.717, 1.165) is 12.1 Å². The molecule has 0 aliphatic carbocycles. The first-order valence-electron chi connectivity index (χ1n) is 6.52. The molecule has 0 fully saturated rings. The lowest BCUT2D eigenvalue weighted by Crippen LogP contribution is -2.38. The normalized spacial score (nSPS) is 22.4. The van der Waals surface area contributed by atoms with Gasteiger partial charge in [0.15, 0.2) is 0 Å². The summed E-state index contributed by atoms with van der Waals surface area (Å²) in [6.07, 6.45) is 1.09. The van der Waals surface area contributed by atoms with Crippen LogP contribution in [0.25, 0.3) is 10.9 Å². The quantitative estimate of drug-likeness (QED) is 0.893. The number of rotatable bonds is 2. The Bertz CT molecular complexity index is 659. The Hall–Kier alpha value is -1.81. The minimum absolute atomic E-state index is 0.212. The van der Waals surface area contributed by atoms with Crippen molar-refractivity contribution in [2.45, 2.75) is 25.4 Å². The number of benzene rings is 1. The monoisotopic (exact) mass is 258 g/mol. The molecule has 1 aliphatic rings. The van der Waals surface area contributed by atoms with Crippen molar-refractivity contribution in [2.75, 3.05) is 6.61 Å². The molecule has 2 heterocycles. The van der Waals surface area contributed by atoms with Crippen molar-refractivity contribution >= 4 is 16.8 Å². The van der Waals surface area contributed by atoms with Crippen LogP contribution in [-0.2, 0) is 28.6 Å². The summed E-state index contributed by atoms with van der Waals surface area (Å²) < 4.78 is 8.02. The summed E-state index contributed by atoms with van der Waals surface area (Å²) in [7, 11) is 2.02. The van der Waals surface area contributed by atoms with Gasteiger partial charge in [0.05, 0.1) is 18.7 Å². The maximum Gasteiger partial charge on any atom is 0.220 e. The fourth-order valence-corrected chi connectivity index (χ4v) is 3.31. The topological polar surface area (TPSA) is 57.2 Å². The molecule has 4 nitrogen and oxygen atoms in total. The van der Waals surface area contributed by atoms with Gasteiger partial charge in [0, 0.05) is 18.0 Å². The van der Waals surface area contributed by atoms with Crippen LogP contribution in [0.4, 0.5) is 0 Å². The molecule has 1 amide bonds. The number of hydrogen-bond donors (Lipinski definition) is 1. The second-order valence-corrected chi connectivity index (χ2v) is 5.38. The first-order chi connectivity index (χ1) is 9.03. The predicted octanol–water partition coefficient (Wildman–Crippen LogP) is 1.84. The highest BCUT2D eigenvalue weighted by molar-refractivity contribution is 5.86. The fourth-order valence-electron chi connectivity index (χ4n) is 3.31. The average molecular weight is 258 g/mol. The van der Waals surface area contributed by atoms with E-state index in [2.05, 4.69) is 16.7 Å². The number of amides is 1. The maximum atomic E-state index is 11.3. The van der Waals surface area contributed by atoms with E-state index in [1.165, 1.54) is 16.5 Å². The zero-order valence-electron chi connectivity index (χ0n) is 11.3. The number of nitrogens with zero attached hydrogens (tertiary/aromatic N) is 1. The molecule has 1 aromatic carbocycles. The highest BCUT2D eigenvalue weighted by Gasteiger charge is 2.38. The molecule has 1 aliphatic heterocycles. The van der Waals surface area contributed by atoms with Gasteiger partial charge in [0.2, 0.25) is 5.91 Å².